The molecule has 0 aliphatic carbocycles. The zero-order chi connectivity index (χ0) is 19.9. The number of amides is 1. The molecule has 27 heavy (non-hydrogen) atoms. The van der Waals surface area contributed by atoms with Crippen LogP contribution in [0.25, 0.3) is 0 Å². The summed E-state index contributed by atoms with van der Waals surface area (Å²) < 4.78 is 5.49. The lowest BCUT2D eigenvalue weighted by atomic mass is 10.1. The number of hydrogen-bond donors (Lipinski definition) is 2. The lowest BCUT2D eigenvalue weighted by Gasteiger charge is -2.35. The van der Waals surface area contributed by atoms with Crippen molar-refractivity contribution in [2.75, 3.05) is 26.7 Å². The Morgan fingerprint density at radius 2 is 2.26 bits per heavy atom. The van der Waals surface area contributed by atoms with E-state index in [0.717, 1.165) is 49.7 Å². The van der Waals surface area contributed by atoms with E-state index in [0.29, 0.717) is 6.54 Å². The summed E-state index contributed by atoms with van der Waals surface area (Å²) in [5.74, 6) is 0.762. The molecule has 1 aliphatic heterocycles. The number of hydrogen-bond acceptors (Lipinski definition) is 5. The van der Waals surface area contributed by atoms with Crippen LogP contribution in [-0.4, -0.2) is 60.3 Å². The summed E-state index contributed by atoms with van der Waals surface area (Å²) >= 11 is 1.77. The van der Waals surface area contributed by atoms with Crippen LogP contribution in [-0.2, 0) is 17.6 Å². The van der Waals surface area contributed by atoms with E-state index in [9.17, 15) is 4.79 Å². The number of guanidine groups is 1. The van der Waals surface area contributed by atoms with Crippen LogP contribution in [0.3, 0.4) is 0 Å². The Balaban J connectivity index is 1.78. The lowest BCUT2D eigenvalue weighted by molar-refractivity contribution is 0.0193. The minimum absolute atomic E-state index is 0.170. The van der Waals surface area contributed by atoms with E-state index < -0.39 is 5.60 Å². The van der Waals surface area contributed by atoms with Crippen molar-refractivity contribution < 1.29 is 9.53 Å². The van der Waals surface area contributed by atoms with Gasteiger partial charge in [0.15, 0.2) is 5.96 Å². The minimum atomic E-state index is -0.470. The quantitative estimate of drug-likeness (QED) is 0.592. The Labute approximate surface area is 166 Å². The summed E-state index contributed by atoms with van der Waals surface area (Å²) in [6.45, 7) is 9.96. The van der Waals surface area contributed by atoms with Crippen LogP contribution in [0.2, 0.25) is 0 Å². The first-order valence-corrected chi connectivity index (χ1v) is 10.5. The van der Waals surface area contributed by atoms with Gasteiger partial charge in [-0.15, -0.1) is 11.3 Å². The molecule has 1 amide bonds. The number of ether oxygens (including phenoxy) is 1. The average molecular weight is 396 g/mol. The van der Waals surface area contributed by atoms with E-state index in [1.165, 1.54) is 4.88 Å². The first-order valence-electron chi connectivity index (χ1n) is 9.69. The van der Waals surface area contributed by atoms with Gasteiger partial charge in [0.25, 0.3) is 0 Å². The van der Waals surface area contributed by atoms with Crippen LogP contribution in [0.15, 0.2) is 11.2 Å². The minimum Gasteiger partial charge on any atom is -0.444 e. The molecule has 2 rings (SSSR count). The van der Waals surface area contributed by atoms with Crippen molar-refractivity contribution in [2.24, 2.45) is 4.99 Å². The van der Waals surface area contributed by atoms with Gasteiger partial charge in [0, 0.05) is 50.2 Å². The van der Waals surface area contributed by atoms with Gasteiger partial charge in [-0.25, -0.2) is 9.78 Å². The Hall–Kier alpha value is -1.83. The second-order valence-corrected chi connectivity index (χ2v) is 8.93. The molecular weight excluding hydrogens is 362 g/mol. The summed E-state index contributed by atoms with van der Waals surface area (Å²) in [6.07, 6.45) is 5.58. The number of aliphatic imine (C=N–C) groups is 1. The number of rotatable bonds is 5. The third-order valence-corrected chi connectivity index (χ3v) is 5.42. The van der Waals surface area contributed by atoms with Crippen molar-refractivity contribution in [1.29, 1.82) is 0 Å². The van der Waals surface area contributed by atoms with Gasteiger partial charge >= 0.3 is 6.09 Å². The van der Waals surface area contributed by atoms with E-state index >= 15 is 0 Å². The van der Waals surface area contributed by atoms with E-state index in [1.54, 1.807) is 23.3 Å². The summed E-state index contributed by atoms with van der Waals surface area (Å²) in [7, 11) is 1.77. The Morgan fingerprint density at radius 3 is 2.89 bits per heavy atom. The van der Waals surface area contributed by atoms with E-state index in [-0.39, 0.29) is 12.1 Å². The largest absolute Gasteiger partial charge is 0.444 e. The third-order valence-electron chi connectivity index (χ3n) is 4.22. The number of nitrogens with one attached hydrogen (secondary N) is 2. The molecule has 8 heteroatoms. The second-order valence-electron chi connectivity index (χ2n) is 7.73. The molecule has 0 spiro atoms. The average Bonchev–Trinajstić information content (AvgIpc) is 3.07. The molecule has 152 valence electrons. The Bertz CT molecular complexity index is 638. The fourth-order valence-corrected chi connectivity index (χ4v) is 3.75. The molecule has 0 radical (unpaired) electrons. The van der Waals surface area contributed by atoms with Gasteiger partial charge in [0.05, 0.1) is 5.01 Å². The molecule has 1 aromatic rings. The summed E-state index contributed by atoms with van der Waals surface area (Å²) in [4.78, 5) is 24.1. The van der Waals surface area contributed by atoms with Crippen molar-refractivity contribution >= 4 is 23.4 Å². The van der Waals surface area contributed by atoms with Crippen molar-refractivity contribution in [3.63, 3.8) is 0 Å². The highest BCUT2D eigenvalue weighted by Crippen LogP contribution is 2.16. The van der Waals surface area contributed by atoms with E-state index in [1.807, 2.05) is 27.0 Å². The van der Waals surface area contributed by atoms with Gasteiger partial charge in [-0.2, -0.15) is 0 Å². The Kier molecular flexibility index (Phi) is 7.89. The van der Waals surface area contributed by atoms with Gasteiger partial charge in [0.1, 0.15) is 5.60 Å². The van der Waals surface area contributed by atoms with Crippen LogP contribution in [0.4, 0.5) is 4.79 Å². The monoisotopic (exact) mass is 395 g/mol. The molecule has 0 aromatic carbocycles. The molecule has 1 saturated heterocycles. The number of carbonyl (C=O) groups is 1. The predicted octanol–water partition coefficient (Wildman–Crippen LogP) is 2.81. The SMILES string of the molecule is CCc1cnc(CCNC(=NC)NC2CCCN(C(=O)OC(C)(C)C)C2)s1. The Morgan fingerprint density at radius 1 is 1.48 bits per heavy atom. The van der Waals surface area contributed by atoms with Crippen LogP contribution in [0, 0.1) is 0 Å². The molecule has 0 saturated carbocycles. The first-order chi connectivity index (χ1) is 12.8. The van der Waals surface area contributed by atoms with E-state index in [4.69, 9.17) is 4.74 Å². The van der Waals surface area contributed by atoms with Crippen LogP contribution in [0.1, 0.15) is 50.4 Å². The van der Waals surface area contributed by atoms with Gasteiger partial charge in [-0.05, 0) is 40.0 Å². The molecule has 0 bridgehead atoms. The van der Waals surface area contributed by atoms with Crippen molar-refractivity contribution in [2.45, 2.75) is 65.0 Å². The van der Waals surface area contributed by atoms with Crippen LogP contribution < -0.4 is 10.6 Å². The first kappa shape index (κ1) is 21.5. The smallest absolute Gasteiger partial charge is 0.410 e. The standard InChI is InChI=1S/C19H33N5O2S/c1-6-15-12-22-16(27-15)9-10-21-17(20-5)23-14-8-7-11-24(13-14)18(25)26-19(2,3)4/h12,14H,6-11,13H2,1-5H3,(H2,20,21,23). The number of carbonyl (C=O) groups excluding carboxylic acids is 1. The normalized spacial score (nSPS) is 18.3. The maximum absolute atomic E-state index is 12.3. The molecule has 7 nitrogen and oxygen atoms in total. The van der Waals surface area contributed by atoms with Crippen molar-refractivity contribution in [3.8, 4) is 0 Å². The molecule has 2 N–H and O–H groups in total. The van der Waals surface area contributed by atoms with E-state index in [2.05, 4.69) is 27.5 Å². The molecule has 1 aliphatic rings. The maximum Gasteiger partial charge on any atom is 0.410 e. The van der Waals surface area contributed by atoms with Crippen LogP contribution in [0.5, 0.6) is 0 Å². The molecule has 1 atom stereocenters. The van der Waals surface area contributed by atoms with Gasteiger partial charge in [-0.3, -0.25) is 4.99 Å². The number of piperidine rings is 1. The number of aromatic nitrogens is 1. The maximum atomic E-state index is 12.3. The van der Waals surface area contributed by atoms with Gasteiger partial charge in [-0.1, -0.05) is 6.92 Å². The zero-order valence-corrected chi connectivity index (χ0v) is 18.0. The molecular formula is C19H33N5O2S. The zero-order valence-electron chi connectivity index (χ0n) is 17.2. The lowest BCUT2D eigenvalue weighted by Crippen LogP contribution is -2.53. The fourth-order valence-electron chi connectivity index (χ4n) is 2.89. The fraction of sp³-hybridized carbons (Fsp3) is 0.737. The highest BCUT2D eigenvalue weighted by Gasteiger charge is 2.27. The number of nitrogens with zero attached hydrogens (tertiary/aromatic N) is 3. The number of aryl methyl sites for hydroxylation is 1. The topological polar surface area (TPSA) is 78.9 Å². The summed E-state index contributed by atoms with van der Waals surface area (Å²) in [5.41, 5.74) is -0.470. The third kappa shape index (κ3) is 7.36. The number of likely N-dealkylation sites (tertiary alicyclic amines) is 1. The molecule has 1 unspecified atom stereocenters. The highest BCUT2D eigenvalue weighted by molar-refractivity contribution is 7.11. The molecule has 1 aromatic heterocycles. The van der Waals surface area contributed by atoms with Gasteiger partial charge < -0.3 is 20.3 Å². The predicted molar refractivity (Wildman–Crippen MR) is 111 cm³/mol. The summed E-state index contributed by atoms with van der Waals surface area (Å²) in [5, 5.41) is 7.92. The highest BCUT2D eigenvalue weighted by atomic mass is 32.1. The molecule has 2 heterocycles. The van der Waals surface area contributed by atoms with Crippen molar-refractivity contribution in [1.82, 2.24) is 20.5 Å². The number of thiazole rings is 1. The van der Waals surface area contributed by atoms with Crippen LogP contribution >= 0.6 is 11.3 Å². The second kappa shape index (κ2) is 9.92. The molecule has 1 fully saturated rings. The summed E-state index contributed by atoms with van der Waals surface area (Å²) in [6, 6.07) is 0.170. The van der Waals surface area contributed by atoms with Crippen molar-refractivity contribution in [3.05, 3.63) is 16.1 Å². The van der Waals surface area contributed by atoms with Gasteiger partial charge in [0.2, 0.25) is 0 Å².